The van der Waals surface area contributed by atoms with Crippen LogP contribution < -0.4 is 16.7 Å². The second kappa shape index (κ2) is 6.84. The first-order chi connectivity index (χ1) is 12.2. The van der Waals surface area contributed by atoms with Gasteiger partial charge in [-0.2, -0.15) is 4.98 Å². The molecular formula is C18H22N4O3. The van der Waals surface area contributed by atoms with Gasteiger partial charge in [0.1, 0.15) is 0 Å². The molecule has 132 valence electrons. The van der Waals surface area contributed by atoms with Crippen molar-refractivity contribution >= 4 is 5.95 Å². The lowest BCUT2D eigenvalue weighted by Crippen LogP contribution is -2.42. The Morgan fingerprint density at radius 3 is 2.76 bits per heavy atom. The molecule has 25 heavy (non-hydrogen) atoms. The van der Waals surface area contributed by atoms with Gasteiger partial charge in [-0.15, -0.1) is 0 Å². The van der Waals surface area contributed by atoms with Gasteiger partial charge in [0, 0.05) is 19.3 Å². The van der Waals surface area contributed by atoms with E-state index in [0.717, 1.165) is 19.3 Å². The molecule has 2 heterocycles. The van der Waals surface area contributed by atoms with E-state index < -0.39 is 11.4 Å². The number of anilines is 1. The van der Waals surface area contributed by atoms with Gasteiger partial charge in [-0.3, -0.25) is 4.98 Å². The van der Waals surface area contributed by atoms with E-state index in [1.54, 1.807) is 0 Å². The maximum Gasteiger partial charge on any atom is 0.355 e. The van der Waals surface area contributed by atoms with E-state index in [0.29, 0.717) is 26.1 Å². The molecule has 1 aromatic carbocycles. The maximum absolute atomic E-state index is 12.4. The molecule has 0 bridgehead atoms. The molecule has 1 saturated heterocycles. The lowest BCUT2D eigenvalue weighted by atomic mass is 9.88. The van der Waals surface area contributed by atoms with Crippen molar-refractivity contribution in [3.63, 3.8) is 0 Å². The Morgan fingerprint density at radius 1 is 1.16 bits per heavy atom. The first kappa shape index (κ1) is 16.1. The van der Waals surface area contributed by atoms with Crippen LogP contribution in [0.3, 0.4) is 0 Å². The van der Waals surface area contributed by atoms with Gasteiger partial charge in [0.05, 0.1) is 6.04 Å². The van der Waals surface area contributed by atoms with Gasteiger partial charge in [-0.1, -0.05) is 24.3 Å². The van der Waals surface area contributed by atoms with Crippen LogP contribution in [0.4, 0.5) is 5.95 Å². The van der Waals surface area contributed by atoms with Gasteiger partial charge >= 0.3 is 11.4 Å². The van der Waals surface area contributed by atoms with Gasteiger partial charge in [-0.25, -0.2) is 14.2 Å². The quantitative estimate of drug-likeness (QED) is 0.887. The number of benzene rings is 1. The summed E-state index contributed by atoms with van der Waals surface area (Å²) in [5.74, 6) is 0.250. The third-order valence-corrected chi connectivity index (χ3v) is 5.09. The van der Waals surface area contributed by atoms with E-state index in [9.17, 15) is 9.59 Å². The number of nitrogens with zero attached hydrogens (tertiary/aromatic N) is 2. The average molecular weight is 342 g/mol. The summed E-state index contributed by atoms with van der Waals surface area (Å²) in [5.41, 5.74) is 1.62. The van der Waals surface area contributed by atoms with Crippen LogP contribution in [-0.4, -0.2) is 27.7 Å². The monoisotopic (exact) mass is 342 g/mol. The summed E-state index contributed by atoms with van der Waals surface area (Å²) in [7, 11) is 0. The number of aromatic amines is 1. The molecule has 7 nitrogen and oxygen atoms in total. The van der Waals surface area contributed by atoms with Gasteiger partial charge in [0.25, 0.3) is 0 Å². The van der Waals surface area contributed by atoms with Gasteiger partial charge < -0.3 is 10.1 Å². The molecule has 0 saturated carbocycles. The highest BCUT2D eigenvalue weighted by Gasteiger charge is 2.23. The summed E-state index contributed by atoms with van der Waals surface area (Å²) >= 11 is 0. The van der Waals surface area contributed by atoms with Crippen LogP contribution in [0.5, 0.6) is 0 Å². The normalized spacial score (nSPS) is 20.9. The minimum Gasteiger partial charge on any atom is -0.381 e. The summed E-state index contributed by atoms with van der Waals surface area (Å²) < 4.78 is 6.52. The van der Waals surface area contributed by atoms with E-state index in [4.69, 9.17) is 4.74 Å². The number of nitrogens with one attached hydrogen (secondary N) is 2. The number of ether oxygens (including phenoxy) is 1. The molecule has 2 N–H and O–H groups in total. The van der Waals surface area contributed by atoms with Crippen molar-refractivity contribution in [3.8, 4) is 0 Å². The summed E-state index contributed by atoms with van der Waals surface area (Å²) in [6.07, 6.45) is 4.40. The third kappa shape index (κ3) is 3.24. The van der Waals surface area contributed by atoms with Crippen LogP contribution in [0.1, 0.15) is 48.9 Å². The third-order valence-electron chi connectivity index (χ3n) is 5.09. The fourth-order valence-electron chi connectivity index (χ4n) is 3.83. The molecule has 0 spiro atoms. The van der Waals surface area contributed by atoms with Crippen LogP contribution in [-0.2, 0) is 11.2 Å². The van der Waals surface area contributed by atoms with Crippen molar-refractivity contribution in [2.24, 2.45) is 0 Å². The number of hydrogen-bond acceptors (Lipinski definition) is 5. The van der Waals surface area contributed by atoms with Crippen LogP contribution >= 0.6 is 0 Å². The van der Waals surface area contributed by atoms with Crippen molar-refractivity contribution < 1.29 is 4.74 Å². The molecule has 1 fully saturated rings. The lowest BCUT2D eigenvalue weighted by molar-refractivity contribution is 0.0670. The molecule has 1 unspecified atom stereocenters. The molecule has 2 aliphatic rings. The fraction of sp³-hybridized carbons (Fsp3) is 0.500. The number of hydrogen-bond donors (Lipinski definition) is 2. The highest BCUT2D eigenvalue weighted by atomic mass is 16.5. The summed E-state index contributed by atoms with van der Waals surface area (Å²) in [4.78, 5) is 31.6. The second-order valence-corrected chi connectivity index (χ2v) is 6.67. The molecule has 7 heteroatoms. The van der Waals surface area contributed by atoms with E-state index in [1.165, 1.54) is 15.7 Å². The van der Waals surface area contributed by atoms with Crippen molar-refractivity contribution in [2.75, 3.05) is 18.5 Å². The zero-order chi connectivity index (χ0) is 17.2. The number of aryl methyl sites for hydroxylation is 1. The molecule has 2 aromatic rings. The summed E-state index contributed by atoms with van der Waals surface area (Å²) in [6, 6.07) is 8.19. The second-order valence-electron chi connectivity index (χ2n) is 6.67. The van der Waals surface area contributed by atoms with Gasteiger partial charge in [-0.05, 0) is 43.2 Å². The molecule has 1 aliphatic carbocycles. The molecule has 1 aromatic heterocycles. The summed E-state index contributed by atoms with van der Waals surface area (Å²) in [6.45, 7) is 1.13. The standard InChI is InChI=1S/C18H22N4O3/c23-17-20-16(21-18(24)22(17)13-8-10-25-11-9-13)19-15-7-3-5-12-4-1-2-6-14(12)15/h1-2,4,6,13,15H,3,5,7-11H2,(H2,19,20,21,23,24). The molecule has 1 aliphatic heterocycles. The minimum atomic E-state index is -0.498. The maximum atomic E-state index is 12.4. The number of fused-ring (bicyclic) bond motifs is 1. The van der Waals surface area contributed by atoms with E-state index >= 15 is 0 Å². The largest absolute Gasteiger partial charge is 0.381 e. The van der Waals surface area contributed by atoms with Crippen LogP contribution in [0.15, 0.2) is 33.9 Å². The van der Waals surface area contributed by atoms with Gasteiger partial charge in [0.15, 0.2) is 0 Å². The predicted molar refractivity (Wildman–Crippen MR) is 94.0 cm³/mol. The molecule has 4 rings (SSSR count). The van der Waals surface area contributed by atoms with E-state index in [1.807, 2.05) is 12.1 Å². The number of aromatic nitrogens is 3. The Bertz CT molecular complexity index is 836. The SMILES string of the molecule is O=c1nc(NC2CCCc3ccccc32)[nH]c(=O)n1C1CCOCC1. The first-order valence-corrected chi connectivity index (χ1v) is 8.87. The summed E-state index contributed by atoms with van der Waals surface area (Å²) in [5, 5.41) is 3.24. The van der Waals surface area contributed by atoms with Crippen LogP contribution in [0.2, 0.25) is 0 Å². The lowest BCUT2D eigenvalue weighted by Gasteiger charge is -2.27. The smallest absolute Gasteiger partial charge is 0.355 e. The molecule has 0 radical (unpaired) electrons. The van der Waals surface area contributed by atoms with E-state index in [-0.39, 0.29) is 18.0 Å². The highest BCUT2D eigenvalue weighted by Crippen LogP contribution is 2.31. The molecular weight excluding hydrogens is 320 g/mol. The zero-order valence-corrected chi connectivity index (χ0v) is 14.0. The average Bonchev–Trinajstić information content (AvgIpc) is 2.62. The first-order valence-electron chi connectivity index (χ1n) is 8.87. The molecule has 1 atom stereocenters. The van der Waals surface area contributed by atoms with Crippen LogP contribution in [0.25, 0.3) is 0 Å². The van der Waals surface area contributed by atoms with Crippen LogP contribution in [0, 0.1) is 0 Å². The Labute approximate surface area is 145 Å². The zero-order valence-electron chi connectivity index (χ0n) is 14.0. The number of rotatable bonds is 3. The Morgan fingerprint density at radius 2 is 1.96 bits per heavy atom. The Balaban J connectivity index is 1.60. The Hall–Kier alpha value is -2.41. The van der Waals surface area contributed by atoms with Gasteiger partial charge in [0.2, 0.25) is 5.95 Å². The fourth-order valence-corrected chi connectivity index (χ4v) is 3.83. The Kier molecular flexibility index (Phi) is 4.40. The van der Waals surface area contributed by atoms with Crippen molar-refractivity contribution in [1.29, 1.82) is 0 Å². The minimum absolute atomic E-state index is 0.0615. The molecule has 0 amide bonds. The van der Waals surface area contributed by atoms with Crippen molar-refractivity contribution in [3.05, 3.63) is 56.4 Å². The van der Waals surface area contributed by atoms with Crippen molar-refractivity contribution in [2.45, 2.75) is 44.2 Å². The topological polar surface area (TPSA) is 89.0 Å². The number of H-pyrrole nitrogens is 1. The predicted octanol–water partition coefficient (Wildman–Crippen LogP) is 1.77. The van der Waals surface area contributed by atoms with Crippen molar-refractivity contribution in [1.82, 2.24) is 14.5 Å². The highest BCUT2D eigenvalue weighted by molar-refractivity contribution is 5.38. The van der Waals surface area contributed by atoms with E-state index in [2.05, 4.69) is 27.4 Å².